The zero-order chi connectivity index (χ0) is 12.1. The van der Waals surface area contributed by atoms with Crippen LogP contribution in [0.15, 0.2) is 36.9 Å². The van der Waals surface area contributed by atoms with E-state index in [2.05, 4.69) is 15.4 Å². The number of nitrogen functional groups attached to an aromatic ring is 1. The van der Waals surface area contributed by atoms with E-state index < -0.39 is 0 Å². The van der Waals surface area contributed by atoms with E-state index >= 15 is 0 Å². The highest BCUT2D eigenvalue weighted by Crippen LogP contribution is 2.10. The first kappa shape index (κ1) is 11.1. The molecule has 0 aliphatic rings. The van der Waals surface area contributed by atoms with Crippen LogP contribution in [0.2, 0.25) is 0 Å². The summed E-state index contributed by atoms with van der Waals surface area (Å²) in [4.78, 5) is 15.4. The van der Waals surface area contributed by atoms with Crippen LogP contribution in [0.25, 0.3) is 0 Å². The quantitative estimate of drug-likeness (QED) is 0.765. The van der Waals surface area contributed by atoms with Crippen molar-refractivity contribution in [3.8, 4) is 0 Å². The third-order valence-corrected chi connectivity index (χ3v) is 2.23. The smallest absolute Gasteiger partial charge is 0.226 e. The maximum Gasteiger partial charge on any atom is 0.226 e. The molecule has 6 heteroatoms. The van der Waals surface area contributed by atoms with Crippen LogP contribution in [0.3, 0.4) is 0 Å². The third kappa shape index (κ3) is 3.30. The van der Waals surface area contributed by atoms with E-state index in [1.165, 1.54) is 6.33 Å². The summed E-state index contributed by atoms with van der Waals surface area (Å²) in [5.74, 6) is -0.0646. The number of hydrogen-bond donors (Lipinski definition) is 2. The molecule has 0 saturated heterocycles. The summed E-state index contributed by atoms with van der Waals surface area (Å²) in [6, 6.07) is 7.02. The van der Waals surface area contributed by atoms with Crippen LogP contribution in [-0.2, 0) is 11.3 Å². The highest BCUT2D eigenvalue weighted by molar-refractivity contribution is 5.90. The molecule has 2 aromatic rings. The minimum Gasteiger partial charge on any atom is -0.399 e. The van der Waals surface area contributed by atoms with E-state index in [4.69, 9.17) is 5.73 Å². The molecule has 17 heavy (non-hydrogen) atoms. The van der Waals surface area contributed by atoms with Crippen molar-refractivity contribution in [1.82, 2.24) is 14.8 Å². The van der Waals surface area contributed by atoms with E-state index in [1.807, 2.05) is 0 Å². The van der Waals surface area contributed by atoms with E-state index in [0.717, 1.165) is 5.69 Å². The summed E-state index contributed by atoms with van der Waals surface area (Å²) >= 11 is 0. The molecule has 88 valence electrons. The van der Waals surface area contributed by atoms with Gasteiger partial charge in [-0.15, -0.1) is 0 Å². The second-order valence-corrected chi connectivity index (χ2v) is 3.58. The first-order valence-corrected chi connectivity index (χ1v) is 5.22. The standard InChI is InChI=1S/C11H13N5O/c12-9-1-3-10(4-2-9)15-11(17)5-6-16-8-13-7-14-16/h1-4,7-8H,5-6,12H2,(H,15,17). The third-order valence-electron chi connectivity index (χ3n) is 2.23. The molecule has 0 atom stereocenters. The van der Waals surface area contributed by atoms with Crippen LogP contribution in [0.4, 0.5) is 11.4 Å². The fourth-order valence-electron chi connectivity index (χ4n) is 1.35. The lowest BCUT2D eigenvalue weighted by molar-refractivity contribution is -0.116. The zero-order valence-corrected chi connectivity index (χ0v) is 9.21. The summed E-state index contributed by atoms with van der Waals surface area (Å²) < 4.78 is 1.61. The normalized spacial score (nSPS) is 10.1. The number of nitrogens with two attached hydrogens (primary N) is 1. The number of amides is 1. The van der Waals surface area contributed by atoms with Crippen LogP contribution >= 0.6 is 0 Å². The Kier molecular flexibility index (Phi) is 3.34. The molecule has 0 aliphatic carbocycles. The topological polar surface area (TPSA) is 85.8 Å². The van der Waals surface area contributed by atoms with E-state index in [9.17, 15) is 4.79 Å². The molecule has 0 fully saturated rings. The molecule has 6 nitrogen and oxygen atoms in total. The number of hydrogen-bond acceptors (Lipinski definition) is 4. The maximum atomic E-state index is 11.6. The minimum atomic E-state index is -0.0646. The molecule has 0 aliphatic heterocycles. The van der Waals surface area contributed by atoms with Crippen molar-refractivity contribution in [2.75, 3.05) is 11.1 Å². The van der Waals surface area contributed by atoms with Crippen LogP contribution in [0.1, 0.15) is 6.42 Å². The molecule has 0 radical (unpaired) electrons. The first-order valence-electron chi connectivity index (χ1n) is 5.22. The number of anilines is 2. The summed E-state index contributed by atoms with van der Waals surface area (Å²) in [5.41, 5.74) is 6.96. The van der Waals surface area contributed by atoms with Gasteiger partial charge in [0.2, 0.25) is 5.91 Å². The highest BCUT2D eigenvalue weighted by atomic mass is 16.1. The average molecular weight is 231 g/mol. The Hall–Kier alpha value is -2.37. The van der Waals surface area contributed by atoms with Gasteiger partial charge in [0.15, 0.2) is 0 Å². The monoisotopic (exact) mass is 231 g/mol. The fraction of sp³-hybridized carbons (Fsp3) is 0.182. The fourth-order valence-corrected chi connectivity index (χ4v) is 1.35. The van der Waals surface area contributed by atoms with Crippen molar-refractivity contribution < 1.29 is 4.79 Å². The van der Waals surface area contributed by atoms with Crippen LogP contribution in [0, 0.1) is 0 Å². The van der Waals surface area contributed by atoms with Crippen molar-refractivity contribution in [1.29, 1.82) is 0 Å². The summed E-state index contributed by atoms with van der Waals surface area (Å²) in [7, 11) is 0. The first-order chi connectivity index (χ1) is 8.24. The van der Waals surface area contributed by atoms with E-state index in [-0.39, 0.29) is 5.91 Å². The number of benzene rings is 1. The molecule has 2 rings (SSSR count). The van der Waals surface area contributed by atoms with Crippen molar-refractivity contribution in [2.45, 2.75) is 13.0 Å². The molecule has 0 saturated carbocycles. The summed E-state index contributed by atoms with van der Waals surface area (Å²) in [5, 5.41) is 6.69. The Morgan fingerprint density at radius 3 is 2.76 bits per heavy atom. The number of aromatic nitrogens is 3. The van der Waals surface area contributed by atoms with Gasteiger partial charge < -0.3 is 11.1 Å². The molecule has 0 spiro atoms. The lowest BCUT2D eigenvalue weighted by Crippen LogP contribution is -2.14. The average Bonchev–Trinajstić information content (AvgIpc) is 2.83. The van der Waals surface area contributed by atoms with Gasteiger partial charge in [-0.05, 0) is 24.3 Å². The van der Waals surface area contributed by atoms with Crippen molar-refractivity contribution in [3.63, 3.8) is 0 Å². The molecule has 0 unspecified atom stereocenters. The Morgan fingerprint density at radius 2 is 2.12 bits per heavy atom. The van der Waals surface area contributed by atoms with Gasteiger partial charge in [0.25, 0.3) is 0 Å². The molecule has 1 heterocycles. The lowest BCUT2D eigenvalue weighted by atomic mass is 10.3. The molecule has 1 aromatic carbocycles. The number of aryl methyl sites for hydroxylation is 1. The van der Waals surface area contributed by atoms with E-state index in [0.29, 0.717) is 18.7 Å². The van der Waals surface area contributed by atoms with Gasteiger partial charge in [-0.25, -0.2) is 4.98 Å². The Bertz CT molecular complexity index is 477. The Labute approximate surface area is 98.5 Å². The van der Waals surface area contributed by atoms with Gasteiger partial charge in [-0.1, -0.05) is 0 Å². The van der Waals surface area contributed by atoms with Gasteiger partial charge in [0.05, 0.1) is 6.54 Å². The van der Waals surface area contributed by atoms with Crippen LogP contribution in [-0.4, -0.2) is 20.7 Å². The van der Waals surface area contributed by atoms with Crippen molar-refractivity contribution in [2.24, 2.45) is 0 Å². The summed E-state index contributed by atoms with van der Waals surface area (Å²) in [6.45, 7) is 0.515. The zero-order valence-electron chi connectivity index (χ0n) is 9.21. The number of nitrogens with one attached hydrogen (secondary N) is 1. The SMILES string of the molecule is Nc1ccc(NC(=O)CCn2cncn2)cc1. The van der Waals surface area contributed by atoms with Gasteiger partial charge >= 0.3 is 0 Å². The molecular formula is C11H13N5O. The number of rotatable bonds is 4. The minimum absolute atomic E-state index is 0.0646. The molecular weight excluding hydrogens is 218 g/mol. The Morgan fingerprint density at radius 1 is 1.35 bits per heavy atom. The van der Waals surface area contributed by atoms with Gasteiger partial charge in [-0.2, -0.15) is 5.10 Å². The van der Waals surface area contributed by atoms with Crippen LogP contribution in [0.5, 0.6) is 0 Å². The molecule has 3 N–H and O–H groups in total. The molecule has 1 amide bonds. The lowest BCUT2D eigenvalue weighted by Gasteiger charge is -2.05. The van der Waals surface area contributed by atoms with Crippen molar-refractivity contribution >= 4 is 17.3 Å². The number of carbonyl (C=O) groups excluding carboxylic acids is 1. The number of carbonyl (C=O) groups is 1. The van der Waals surface area contributed by atoms with Gasteiger partial charge in [0, 0.05) is 17.8 Å². The predicted octanol–water partition coefficient (Wildman–Crippen LogP) is 0.889. The largest absolute Gasteiger partial charge is 0.399 e. The highest BCUT2D eigenvalue weighted by Gasteiger charge is 2.02. The maximum absolute atomic E-state index is 11.6. The van der Waals surface area contributed by atoms with Crippen LogP contribution < -0.4 is 11.1 Å². The predicted molar refractivity (Wildman–Crippen MR) is 64.1 cm³/mol. The van der Waals surface area contributed by atoms with E-state index in [1.54, 1.807) is 35.3 Å². The number of nitrogens with zero attached hydrogens (tertiary/aromatic N) is 3. The molecule has 1 aromatic heterocycles. The van der Waals surface area contributed by atoms with Gasteiger partial charge in [-0.3, -0.25) is 9.48 Å². The Balaban J connectivity index is 1.83. The second kappa shape index (κ2) is 5.11. The second-order valence-electron chi connectivity index (χ2n) is 3.58. The van der Waals surface area contributed by atoms with Gasteiger partial charge in [0.1, 0.15) is 12.7 Å². The molecule has 0 bridgehead atoms. The van der Waals surface area contributed by atoms with Crippen molar-refractivity contribution in [3.05, 3.63) is 36.9 Å². The summed E-state index contributed by atoms with van der Waals surface area (Å²) in [6.07, 6.45) is 3.38.